The number of hydrogen-bond acceptors (Lipinski definition) is 3. The van der Waals surface area contributed by atoms with Gasteiger partial charge in [-0.25, -0.2) is 0 Å². The van der Waals surface area contributed by atoms with E-state index in [9.17, 15) is 0 Å². The quantitative estimate of drug-likeness (QED) is 0.806. The van der Waals surface area contributed by atoms with Crippen LogP contribution in [0.15, 0.2) is 18.5 Å². The van der Waals surface area contributed by atoms with Gasteiger partial charge in [-0.1, -0.05) is 6.92 Å². The van der Waals surface area contributed by atoms with Crippen LogP contribution in [0.4, 0.5) is 5.69 Å². The number of nitrogens with one attached hydrogen (secondary N) is 1. The molecule has 1 aromatic heterocycles. The van der Waals surface area contributed by atoms with Crippen LogP contribution >= 0.6 is 0 Å². The van der Waals surface area contributed by atoms with Crippen molar-refractivity contribution in [3.8, 4) is 0 Å². The molecule has 0 saturated carbocycles. The summed E-state index contributed by atoms with van der Waals surface area (Å²) in [6, 6.07) is 2.84. The zero-order valence-corrected chi connectivity index (χ0v) is 11.1. The normalized spacial score (nSPS) is 26.4. The van der Waals surface area contributed by atoms with E-state index in [1.807, 2.05) is 12.4 Å². The van der Waals surface area contributed by atoms with Crippen molar-refractivity contribution in [2.24, 2.45) is 5.92 Å². The zero-order chi connectivity index (χ0) is 12.3. The highest BCUT2D eigenvalue weighted by atomic mass is 15.1. The molecular formula is C14H23N3. The van der Waals surface area contributed by atoms with E-state index in [0.29, 0.717) is 12.0 Å². The van der Waals surface area contributed by atoms with Gasteiger partial charge in [0, 0.05) is 25.3 Å². The van der Waals surface area contributed by atoms with Gasteiger partial charge in [0.15, 0.2) is 0 Å². The molecule has 2 unspecified atom stereocenters. The molecule has 0 amide bonds. The minimum Gasteiger partial charge on any atom is -0.370 e. The predicted octanol–water partition coefficient (Wildman–Crippen LogP) is 2.21. The minimum absolute atomic E-state index is 0.609. The van der Waals surface area contributed by atoms with Gasteiger partial charge >= 0.3 is 0 Å². The van der Waals surface area contributed by atoms with Crippen LogP contribution in [0.3, 0.4) is 0 Å². The maximum atomic E-state index is 4.30. The van der Waals surface area contributed by atoms with E-state index in [1.54, 1.807) is 0 Å². The lowest BCUT2D eigenvalue weighted by molar-refractivity contribution is 0.411. The molecule has 94 valence electrons. The van der Waals surface area contributed by atoms with Crippen molar-refractivity contribution >= 4 is 5.69 Å². The SMILES string of the molecule is Cc1cncc(N2CCC(C)NCC(C)C2)c1. The third-order valence-electron chi connectivity index (χ3n) is 3.40. The molecule has 2 heterocycles. The summed E-state index contributed by atoms with van der Waals surface area (Å²) in [5.41, 5.74) is 2.51. The van der Waals surface area contributed by atoms with E-state index in [-0.39, 0.29) is 0 Å². The average Bonchev–Trinajstić information content (AvgIpc) is 2.29. The van der Waals surface area contributed by atoms with E-state index >= 15 is 0 Å². The Morgan fingerprint density at radius 3 is 2.94 bits per heavy atom. The van der Waals surface area contributed by atoms with Gasteiger partial charge in [0.1, 0.15) is 0 Å². The van der Waals surface area contributed by atoms with Gasteiger partial charge in [-0.05, 0) is 44.4 Å². The summed E-state index contributed by atoms with van der Waals surface area (Å²) in [4.78, 5) is 6.77. The highest BCUT2D eigenvalue weighted by Gasteiger charge is 2.16. The molecule has 1 aliphatic heterocycles. The van der Waals surface area contributed by atoms with Gasteiger partial charge in [-0.2, -0.15) is 0 Å². The second-order valence-electron chi connectivity index (χ2n) is 5.37. The third-order valence-corrected chi connectivity index (χ3v) is 3.40. The Kier molecular flexibility index (Phi) is 4.00. The molecule has 0 aromatic carbocycles. The fourth-order valence-electron chi connectivity index (χ4n) is 2.33. The topological polar surface area (TPSA) is 28.2 Å². The van der Waals surface area contributed by atoms with Crippen LogP contribution < -0.4 is 10.2 Å². The molecule has 1 saturated heterocycles. The second-order valence-corrected chi connectivity index (χ2v) is 5.37. The summed E-state index contributed by atoms with van der Waals surface area (Å²) in [5.74, 6) is 0.679. The van der Waals surface area contributed by atoms with Crippen molar-refractivity contribution in [1.29, 1.82) is 0 Å². The number of hydrogen-bond donors (Lipinski definition) is 1. The van der Waals surface area contributed by atoms with Crippen molar-refractivity contribution < 1.29 is 0 Å². The molecule has 0 radical (unpaired) electrons. The smallest absolute Gasteiger partial charge is 0.0555 e. The number of aryl methyl sites for hydroxylation is 1. The molecule has 1 aromatic rings. The summed E-state index contributed by atoms with van der Waals surface area (Å²) in [7, 11) is 0. The highest BCUT2D eigenvalue weighted by Crippen LogP contribution is 2.18. The van der Waals surface area contributed by atoms with E-state index in [4.69, 9.17) is 0 Å². The molecule has 1 N–H and O–H groups in total. The number of pyridine rings is 1. The van der Waals surface area contributed by atoms with Crippen molar-refractivity contribution in [3.63, 3.8) is 0 Å². The molecule has 3 heteroatoms. The Morgan fingerprint density at radius 2 is 2.18 bits per heavy atom. The monoisotopic (exact) mass is 233 g/mol. The molecule has 0 spiro atoms. The van der Waals surface area contributed by atoms with Gasteiger partial charge in [0.25, 0.3) is 0 Å². The van der Waals surface area contributed by atoms with Crippen LogP contribution in [0.25, 0.3) is 0 Å². The Labute approximate surface area is 104 Å². The van der Waals surface area contributed by atoms with Gasteiger partial charge in [0.05, 0.1) is 11.9 Å². The molecule has 3 nitrogen and oxygen atoms in total. The summed E-state index contributed by atoms with van der Waals surface area (Å²) >= 11 is 0. The number of nitrogens with zero attached hydrogens (tertiary/aromatic N) is 2. The van der Waals surface area contributed by atoms with Crippen molar-refractivity contribution in [3.05, 3.63) is 24.0 Å². The lowest BCUT2D eigenvalue weighted by Gasteiger charge is -2.32. The Balaban J connectivity index is 2.12. The Hall–Kier alpha value is -1.09. The third kappa shape index (κ3) is 3.43. The van der Waals surface area contributed by atoms with Crippen LogP contribution in [0, 0.1) is 12.8 Å². The van der Waals surface area contributed by atoms with Crippen molar-refractivity contribution in [2.45, 2.75) is 33.2 Å². The fourth-order valence-corrected chi connectivity index (χ4v) is 2.33. The van der Waals surface area contributed by atoms with E-state index in [1.165, 1.54) is 17.7 Å². The lowest BCUT2D eigenvalue weighted by atomic mass is 10.1. The van der Waals surface area contributed by atoms with Crippen LogP contribution in [0.2, 0.25) is 0 Å². The first kappa shape index (κ1) is 12.4. The first-order valence-electron chi connectivity index (χ1n) is 6.55. The molecular weight excluding hydrogens is 210 g/mol. The van der Waals surface area contributed by atoms with E-state index < -0.39 is 0 Å². The first-order valence-corrected chi connectivity index (χ1v) is 6.55. The van der Waals surface area contributed by atoms with Crippen LogP contribution in [-0.2, 0) is 0 Å². The standard InChI is InChI=1S/C14H23N3/c1-11-6-14(9-15-7-11)17-5-4-13(3)16-8-12(2)10-17/h6-7,9,12-13,16H,4-5,8,10H2,1-3H3. The largest absolute Gasteiger partial charge is 0.370 e. The number of aromatic nitrogens is 1. The molecule has 2 rings (SSSR count). The van der Waals surface area contributed by atoms with Crippen molar-refractivity contribution in [1.82, 2.24) is 10.3 Å². The number of rotatable bonds is 1. The summed E-state index contributed by atoms with van der Waals surface area (Å²) in [6.07, 6.45) is 5.10. The van der Waals surface area contributed by atoms with Gasteiger partial charge in [-0.15, -0.1) is 0 Å². The van der Waals surface area contributed by atoms with Gasteiger partial charge in [0.2, 0.25) is 0 Å². The van der Waals surface area contributed by atoms with Crippen LogP contribution in [0.1, 0.15) is 25.8 Å². The summed E-state index contributed by atoms with van der Waals surface area (Å²) < 4.78 is 0. The maximum absolute atomic E-state index is 4.30. The molecule has 2 atom stereocenters. The molecule has 1 aliphatic rings. The minimum atomic E-state index is 0.609. The van der Waals surface area contributed by atoms with E-state index in [0.717, 1.165) is 19.6 Å². The molecule has 0 aliphatic carbocycles. The molecule has 17 heavy (non-hydrogen) atoms. The fraction of sp³-hybridized carbons (Fsp3) is 0.643. The second kappa shape index (κ2) is 5.50. The Morgan fingerprint density at radius 1 is 1.35 bits per heavy atom. The lowest BCUT2D eigenvalue weighted by Crippen LogP contribution is -2.42. The van der Waals surface area contributed by atoms with Gasteiger partial charge < -0.3 is 10.2 Å². The molecule has 1 fully saturated rings. The highest BCUT2D eigenvalue weighted by molar-refractivity contribution is 5.46. The van der Waals surface area contributed by atoms with Crippen LogP contribution in [0.5, 0.6) is 0 Å². The van der Waals surface area contributed by atoms with E-state index in [2.05, 4.69) is 42.0 Å². The van der Waals surface area contributed by atoms with Crippen molar-refractivity contribution in [2.75, 3.05) is 24.5 Å². The number of anilines is 1. The van der Waals surface area contributed by atoms with Crippen LogP contribution in [-0.4, -0.2) is 30.7 Å². The average molecular weight is 233 g/mol. The molecule has 0 bridgehead atoms. The zero-order valence-electron chi connectivity index (χ0n) is 11.1. The maximum Gasteiger partial charge on any atom is 0.0555 e. The first-order chi connectivity index (χ1) is 8.15. The Bertz CT molecular complexity index is 364. The predicted molar refractivity (Wildman–Crippen MR) is 72.4 cm³/mol. The summed E-state index contributed by atoms with van der Waals surface area (Å²) in [5, 5.41) is 3.58. The van der Waals surface area contributed by atoms with Gasteiger partial charge in [-0.3, -0.25) is 4.98 Å². The summed E-state index contributed by atoms with van der Waals surface area (Å²) in [6.45, 7) is 10.0.